The number of benzene rings is 1. The van der Waals surface area contributed by atoms with Crippen LogP contribution in [0.25, 0.3) is 10.8 Å². The molecule has 0 bridgehead atoms. The molecule has 0 amide bonds. The minimum Gasteiger partial charge on any atom is -0.464 e. The van der Waals surface area contributed by atoms with E-state index >= 15 is 0 Å². The molecule has 2 rings (SSSR count). The summed E-state index contributed by atoms with van der Waals surface area (Å²) in [6, 6.07) is 6.94. The van der Waals surface area contributed by atoms with Crippen molar-refractivity contribution in [1.82, 2.24) is 5.32 Å². The van der Waals surface area contributed by atoms with Gasteiger partial charge in [-0.2, -0.15) is 0 Å². The van der Waals surface area contributed by atoms with Crippen LogP contribution in [-0.2, 0) is 0 Å². The van der Waals surface area contributed by atoms with Crippen LogP contribution in [0.2, 0.25) is 5.02 Å². The van der Waals surface area contributed by atoms with Gasteiger partial charge in [-0.25, -0.2) is 4.79 Å². The molecule has 0 saturated carbocycles. The Balaban J connectivity index is 2.09. The van der Waals surface area contributed by atoms with Crippen molar-refractivity contribution in [2.75, 3.05) is 13.2 Å². The average Bonchev–Trinajstić information content (AvgIpc) is 2.43. The highest BCUT2D eigenvalue weighted by atomic mass is 35.5. The minimum atomic E-state index is -0.471. The molecule has 3 N–H and O–H groups in total. The highest BCUT2D eigenvalue weighted by Gasteiger charge is 2.12. The van der Waals surface area contributed by atoms with Gasteiger partial charge in [0.1, 0.15) is 5.02 Å². The van der Waals surface area contributed by atoms with Crippen LogP contribution >= 0.6 is 23.8 Å². The highest BCUT2D eigenvalue weighted by Crippen LogP contribution is 2.30. The lowest BCUT2D eigenvalue weighted by Gasteiger charge is -2.08. The SMILES string of the molecule is NC(=S)NCCCOc1oc(=O)c2ccccc2c1Cl. The van der Waals surface area contributed by atoms with Gasteiger partial charge in [-0.1, -0.05) is 29.8 Å². The Morgan fingerprint density at radius 2 is 2.10 bits per heavy atom. The second-order valence-corrected chi connectivity index (χ2v) is 4.85. The predicted molar refractivity (Wildman–Crippen MR) is 82.4 cm³/mol. The number of halogens is 1. The summed E-state index contributed by atoms with van der Waals surface area (Å²) >= 11 is 10.8. The fraction of sp³-hybridized carbons (Fsp3) is 0.231. The van der Waals surface area contributed by atoms with Crippen molar-refractivity contribution >= 4 is 39.7 Å². The molecule has 1 heterocycles. The van der Waals surface area contributed by atoms with Crippen LogP contribution in [0.1, 0.15) is 6.42 Å². The molecular weight excluding hydrogens is 300 g/mol. The van der Waals surface area contributed by atoms with Crippen molar-refractivity contribution in [3.8, 4) is 5.95 Å². The van der Waals surface area contributed by atoms with Crippen molar-refractivity contribution < 1.29 is 9.15 Å². The molecule has 0 radical (unpaired) electrons. The predicted octanol–water partition coefficient (Wildman–Crippen LogP) is 2.05. The fourth-order valence-electron chi connectivity index (χ4n) is 1.69. The van der Waals surface area contributed by atoms with Gasteiger partial charge in [0, 0.05) is 11.9 Å². The van der Waals surface area contributed by atoms with Crippen LogP contribution in [0.5, 0.6) is 5.95 Å². The standard InChI is InChI=1S/C13H13ClN2O3S/c14-10-8-4-1-2-5-9(8)11(17)19-12(10)18-7-3-6-16-13(15)20/h1-2,4-5H,3,6-7H2,(H3,15,16,20). The Bertz CT molecular complexity index is 687. The molecule has 0 aliphatic carbocycles. The third kappa shape index (κ3) is 3.40. The quantitative estimate of drug-likeness (QED) is 0.650. The molecule has 0 fully saturated rings. The van der Waals surface area contributed by atoms with E-state index in [1.54, 1.807) is 24.3 Å². The molecule has 5 nitrogen and oxygen atoms in total. The maximum absolute atomic E-state index is 11.8. The Kier molecular flexibility index (Phi) is 4.81. The summed E-state index contributed by atoms with van der Waals surface area (Å²) in [6.45, 7) is 0.904. The van der Waals surface area contributed by atoms with Crippen LogP contribution < -0.4 is 21.4 Å². The zero-order chi connectivity index (χ0) is 14.5. The Hall–Kier alpha value is -1.79. The third-order valence-corrected chi connectivity index (χ3v) is 3.10. The molecule has 0 unspecified atom stereocenters. The summed E-state index contributed by atoms with van der Waals surface area (Å²) in [4.78, 5) is 11.8. The first kappa shape index (κ1) is 14.6. The number of hydrogen-bond acceptors (Lipinski definition) is 4. The van der Waals surface area contributed by atoms with Gasteiger partial charge in [0.05, 0.1) is 12.0 Å². The molecule has 0 aliphatic rings. The van der Waals surface area contributed by atoms with Crippen molar-refractivity contribution in [3.05, 3.63) is 39.7 Å². The number of thiocarbonyl (C=S) groups is 1. The van der Waals surface area contributed by atoms with E-state index in [0.29, 0.717) is 35.4 Å². The second kappa shape index (κ2) is 6.58. The van der Waals surface area contributed by atoms with Crippen molar-refractivity contribution in [2.24, 2.45) is 5.73 Å². The Labute approximate surface area is 125 Å². The molecule has 1 aromatic carbocycles. The van der Waals surface area contributed by atoms with Crippen molar-refractivity contribution in [3.63, 3.8) is 0 Å². The molecule has 0 aliphatic heterocycles. The van der Waals surface area contributed by atoms with Gasteiger partial charge in [0.15, 0.2) is 5.11 Å². The smallest absolute Gasteiger partial charge is 0.346 e. The number of hydrogen-bond donors (Lipinski definition) is 2. The molecule has 20 heavy (non-hydrogen) atoms. The Morgan fingerprint density at radius 1 is 1.40 bits per heavy atom. The Morgan fingerprint density at radius 3 is 2.80 bits per heavy atom. The summed E-state index contributed by atoms with van der Waals surface area (Å²) in [7, 11) is 0. The van der Waals surface area contributed by atoms with Crippen LogP contribution in [0.15, 0.2) is 33.5 Å². The van der Waals surface area contributed by atoms with Crippen LogP contribution in [-0.4, -0.2) is 18.3 Å². The van der Waals surface area contributed by atoms with E-state index in [1.165, 1.54) is 0 Å². The van der Waals surface area contributed by atoms with Crippen LogP contribution in [0.4, 0.5) is 0 Å². The van der Waals surface area contributed by atoms with Crippen molar-refractivity contribution in [1.29, 1.82) is 0 Å². The van der Waals surface area contributed by atoms with Gasteiger partial charge in [0.2, 0.25) is 0 Å². The van der Waals surface area contributed by atoms with Gasteiger partial charge in [-0.15, -0.1) is 0 Å². The van der Waals surface area contributed by atoms with Gasteiger partial charge >= 0.3 is 11.6 Å². The lowest BCUT2D eigenvalue weighted by molar-refractivity contribution is 0.230. The summed E-state index contributed by atoms with van der Waals surface area (Å²) in [5.74, 6) is 0.0330. The zero-order valence-electron chi connectivity index (χ0n) is 10.5. The monoisotopic (exact) mass is 312 g/mol. The third-order valence-electron chi connectivity index (χ3n) is 2.60. The molecular formula is C13H13ClN2O3S. The summed E-state index contributed by atoms with van der Waals surface area (Å²) in [5.41, 5.74) is 4.82. The van der Waals surface area contributed by atoms with Gasteiger partial charge < -0.3 is 20.2 Å². The van der Waals surface area contributed by atoms with Crippen molar-refractivity contribution in [2.45, 2.75) is 6.42 Å². The van der Waals surface area contributed by atoms with Gasteiger partial charge in [0.25, 0.3) is 0 Å². The molecule has 0 saturated heterocycles. The highest BCUT2D eigenvalue weighted by molar-refractivity contribution is 7.80. The second-order valence-electron chi connectivity index (χ2n) is 4.03. The maximum atomic E-state index is 11.8. The minimum absolute atomic E-state index is 0.0330. The van der Waals surface area contributed by atoms with Crippen LogP contribution in [0.3, 0.4) is 0 Å². The normalized spacial score (nSPS) is 10.4. The molecule has 0 atom stereocenters. The first-order chi connectivity index (χ1) is 9.59. The average molecular weight is 313 g/mol. The fourth-order valence-corrected chi connectivity index (χ4v) is 2.05. The number of nitrogens with two attached hydrogens (primary N) is 1. The molecule has 106 valence electrons. The lowest BCUT2D eigenvalue weighted by atomic mass is 10.2. The first-order valence-electron chi connectivity index (χ1n) is 5.97. The molecule has 1 aromatic heterocycles. The van der Waals surface area contributed by atoms with E-state index in [2.05, 4.69) is 17.5 Å². The first-order valence-corrected chi connectivity index (χ1v) is 6.75. The number of fused-ring (bicyclic) bond motifs is 1. The maximum Gasteiger partial charge on any atom is 0.346 e. The van der Waals surface area contributed by atoms with Gasteiger partial charge in [-0.3, -0.25) is 0 Å². The summed E-state index contributed by atoms with van der Waals surface area (Å²) in [5, 5.41) is 4.36. The number of rotatable bonds is 5. The number of nitrogens with one attached hydrogen (secondary N) is 1. The zero-order valence-corrected chi connectivity index (χ0v) is 12.1. The van der Waals surface area contributed by atoms with Gasteiger partial charge in [-0.05, 0) is 24.7 Å². The van der Waals surface area contributed by atoms with E-state index in [4.69, 9.17) is 26.5 Å². The van der Waals surface area contributed by atoms with E-state index < -0.39 is 5.63 Å². The summed E-state index contributed by atoms with van der Waals surface area (Å²) < 4.78 is 10.5. The largest absolute Gasteiger partial charge is 0.464 e. The molecule has 7 heteroatoms. The van der Waals surface area contributed by atoms with E-state index in [-0.39, 0.29) is 11.1 Å². The number of ether oxygens (including phenoxy) is 1. The van der Waals surface area contributed by atoms with E-state index in [1.807, 2.05) is 0 Å². The van der Waals surface area contributed by atoms with Crippen LogP contribution in [0, 0.1) is 0 Å². The van der Waals surface area contributed by atoms with E-state index in [9.17, 15) is 4.79 Å². The van der Waals surface area contributed by atoms with E-state index in [0.717, 1.165) is 0 Å². The summed E-state index contributed by atoms with van der Waals surface area (Å²) in [6.07, 6.45) is 0.643. The molecule has 0 spiro atoms. The lowest BCUT2D eigenvalue weighted by Crippen LogP contribution is -2.30. The molecule has 2 aromatic rings. The topological polar surface area (TPSA) is 77.5 Å².